The summed E-state index contributed by atoms with van der Waals surface area (Å²) in [4.78, 5) is 10.6. The third-order valence-electron chi connectivity index (χ3n) is 2.06. The molecule has 0 amide bonds. The average Bonchev–Trinajstić information content (AvgIpc) is 2.19. The predicted octanol–water partition coefficient (Wildman–Crippen LogP) is 2.31. The number of carboxylic acids is 1. The van der Waals surface area contributed by atoms with Crippen molar-refractivity contribution in [2.75, 3.05) is 0 Å². The number of alkyl halides is 3. The molecule has 0 saturated heterocycles. The van der Waals surface area contributed by atoms with Crippen molar-refractivity contribution in [2.24, 2.45) is 0 Å². The number of carboxylic acid groups (broad SMARTS) is 1. The van der Waals surface area contributed by atoms with Gasteiger partial charge in [0.1, 0.15) is 5.82 Å². The largest absolute Gasteiger partial charge is 0.479 e. The first-order valence-electron chi connectivity index (χ1n) is 4.08. The number of hydrogen-bond acceptors (Lipinski definition) is 2. The van der Waals surface area contributed by atoms with E-state index in [-0.39, 0.29) is 0 Å². The second-order valence-electron chi connectivity index (χ2n) is 3.14. The summed E-state index contributed by atoms with van der Waals surface area (Å²) >= 11 is 5.23. The molecule has 0 saturated carbocycles. The van der Waals surface area contributed by atoms with Crippen LogP contribution in [0.5, 0.6) is 0 Å². The number of halogens is 5. The van der Waals surface area contributed by atoms with Crippen molar-refractivity contribution in [3.63, 3.8) is 0 Å². The SMILES string of the molecule is O=C(O)C(O)(c1ccc(F)c(Cl)c1)C(F)(F)F. The molecule has 0 aromatic heterocycles. The Balaban J connectivity index is 3.44. The van der Waals surface area contributed by atoms with Gasteiger partial charge in [0.25, 0.3) is 5.60 Å². The van der Waals surface area contributed by atoms with Crippen LogP contribution < -0.4 is 0 Å². The molecule has 0 fully saturated rings. The molecule has 0 bridgehead atoms. The van der Waals surface area contributed by atoms with Crippen molar-refractivity contribution in [2.45, 2.75) is 11.8 Å². The fraction of sp³-hybridized carbons (Fsp3) is 0.222. The number of aliphatic carboxylic acids is 1. The van der Waals surface area contributed by atoms with Gasteiger partial charge in [0.05, 0.1) is 5.02 Å². The van der Waals surface area contributed by atoms with Crippen molar-refractivity contribution in [3.8, 4) is 0 Å². The maximum atomic E-state index is 12.7. The molecule has 1 unspecified atom stereocenters. The third-order valence-corrected chi connectivity index (χ3v) is 2.35. The van der Waals surface area contributed by atoms with Crippen LogP contribution in [0.25, 0.3) is 0 Å². The molecular formula is C9H5ClF4O3. The molecule has 1 aromatic carbocycles. The second kappa shape index (κ2) is 4.15. The van der Waals surface area contributed by atoms with Gasteiger partial charge >= 0.3 is 12.1 Å². The summed E-state index contributed by atoms with van der Waals surface area (Å²) in [7, 11) is 0. The zero-order chi connectivity index (χ0) is 13.4. The molecular weight excluding hydrogens is 268 g/mol. The Morgan fingerprint density at radius 1 is 1.29 bits per heavy atom. The summed E-state index contributed by atoms with van der Waals surface area (Å²) in [5.74, 6) is -3.54. The molecule has 8 heteroatoms. The van der Waals surface area contributed by atoms with E-state index in [1.807, 2.05) is 0 Å². The fourth-order valence-electron chi connectivity index (χ4n) is 1.13. The van der Waals surface area contributed by atoms with Crippen molar-refractivity contribution >= 4 is 17.6 Å². The number of carbonyl (C=O) groups is 1. The van der Waals surface area contributed by atoms with Crippen LogP contribution in [0, 0.1) is 5.82 Å². The van der Waals surface area contributed by atoms with Crippen LogP contribution in [0.3, 0.4) is 0 Å². The van der Waals surface area contributed by atoms with E-state index in [2.05, 4.69) is 0 Å². The third kappa shape index (κ3) is 2.20. The first kappa shape index (κ1) is 13.7. The lowest BCUT2D eigenvalue weighted by atomic mass is 9.93. The van der Waals surface area contributed by atoms with Crippen LogP contribution in [0.4, 0.5) is 17.6 Å². The van der Waals surface area contributed by atoms with Crippen LogP contribution in [-0.2, 0) is 10.4 Å². The molecule has 1 aromatic rings. The number of hydrogen-bond donors (Lipinski definition) is 2. The first-order chi connectivity index (χ1) is 7.60. The summed E-state index contributed by atoms with van der Waals surface area (Å²) in [6.07, 6.45) is -5.46. The zero-order valence-electron chi connectivity index (χ0n) is 7.92. The highest BCUT2D eigenvalue weighted by molar-refractivity contribution is 6.30. The molecule has 1 atom stereocenters. The van der Waals surface area contributed by atoms with Crippen LogP contribution in [0.15, 0.2) is 18.2 Å². The lowest BCUT2D eigenvalue weighted by Gasteiger charge is -2.26. The van der Waals surface area contributed by atoms with E-state index in [1.165, 1.54) is 0 Å². The molecule has 3 nitrogen and oxygen atoms in total. The van der Waals surface area contributed by atoms with Gasteiger partial charge in [-0.05, 0) is 12.1 Å². The second-order valence-corrected chi connectivity index (χ2v) is 3.55. The fourth-order valence-corrected chi connectivity index (χ4v) is 1.31. The predicted molar refractivity (Wildman–Crippen MR) is 49.0 cm³/mol. The highest BCUT2D eigenvalue weighted by Crippen LogP contribution is 2.40. The van der Waals surface area contributed by atoms with Crippen molar-refractivity contribution < 1.29 is 32.6 Å². The smallest absolute Gasteiger partial charge is 0.432 e. The molecule has 0 heterocycles. The van der Waals surface area contributed by atoms with Crippen LogP contribution in [0.2, 0.25) is 5.02 Å². The summed E-state index contributed by atoms with van der Waals surface area (Å²) in [5, 5.41) is 17.0. The van der Waals surface area contributed by atoms with Crippen LogP contribution in [-0.4, -0.2) is 22.4 Å². The van der Waals surface area contributed by atoms with Gasteiger partial charge in [-0.25, -0.2) is 9.18 Å². The normalized spacial score (nSPS) is 15.4. The molecule has 0 spiro atoms. The first-order valence-corrected chi connectivity index (χ1v) is 4.46. The van der Waals surface area contributed by atoms with E-state index in [9.17, 15) is 27.5 Å². The Bertz CT molecular complexity index is 460. The lowest BCUT2D eigenvalue weighted by molar-refractivity contribution is -0.265. The Labute approximate surface area is 97.2 Å². The molecule has 2 N–H and O–H groups in total. The highest BCUT2D eigenvalue weighted by Gasteiger charge is 2.61. The molecule has 0 aliphatic rings. The maximum absolute atomic E-state index is 12.7. The van der Waals surface area contributed by atoms with E-state index in [0.717, 1.165) is 0 Å². The van der Waals surface area contributed by atoms with Gasteiger partial charge in [0.15, 0.2) is 0 Å². The van der Waals surface area contributed by atoms with E-state index in [0.29, 0.717) is 18.2 Å². The van der Waals surface area contributed by atoms with E-state index in [1.54, 1.807) is 0 Å². The Morgan fingerprint density at radius 2 is 1.82 bits per heavy atom. The molecule has 94 valence electrons. The summed E-state index contributed by atoms with van der Waals surface area (Å²) in [6, 6.07) is 1.46. The van der Waals surface area contributed by atoms with Gasteiger partial charge in [0.2, 0.25) is 0 Å². The molecule has 17 heavy (non-hydrogen) atoms. The van der Waals surface area contributed by atoms with Gasteiger partial charge in [-0.2, -0.15) is 13.2 Å². The minimum atomic E-state index is -5.46. The maximum Gasteiger partial charge on any atom is 0.432 e. The number of aliphatic hydroxyl groups is 1. The molecule has 0 aliphatic carbocycles. The van der Waals surface area contributed by atoms with Gasteiger partial charge in [-0.3, -0.25) is 0 Å². The van der Waals surface area contributed by atoms with Crippen molar-refractivity contribution in [3.05, 3.63) is 34.6 Å². The van der Waals surface area contributed by atoms with Crippen LogP contribution in [0.1, 0.15) is 5.56 Å². The minimum absolute atomic E-state index is 0.415. The number of rotatable bonds is 2. The van der Waals surface area contributed by atoms with E-state index in [4.69, 9.17) is 16.7 Å². The highest BCUT2D eigenvalue weighted by atomic mass is 35.5. The standard InChI is InChI=1S/C9H5ClF4O3/c10-5-3-4(1-2-6(5)11)8(17,7(15)16)9(12,13)14/h1-3,17H,(H,15,16). The van der Waals surface area contributed by atoms with Crippen molar-refractivity contribution in [1.29, 1.82) is 0 Å². The Morgan fingerprint density at radius 3 is 2.18 bits per heavy atom. The molecule has 0 radical (unpaired) electrons. The average molecular weight is 273 g/mol. The monoisotopic (exact) mass is 272 g/mol. The lowest BCUT2D eigenvalue weighted by Crippen LogP contribution is -2.49. The Hall–Kier alpha value is -1.34. The quantitative estimate of drug-likeness (QED) is 0.812. The van der Waals surface area contributed by atoms with E-state index >= 15 is 0 Å². The number of benzene rings is 1. The Kier molecular flexibility index (Phi) is 3.35. The zero-order valence-corrected chi connectivity index (χ0v) is 8.68. The van der Waals surface area contributed by atoms with Gasteiger partial charge in [-0.15, -0.1) is 0 Å². The van der Waals surface area contributed by atoms with Gasteiger partial charge in [-0.1, -0.05) is 17.7 Å². The van der Waals surface area contributed by atoms with Gasteiger partial charge < -0.3 is 10.2 Å². The summed E-state index contributed by atoms with van der Waals surface area (Å²) < 4.78 is 50.3. The summed E-state index contributed by atoms with van der Waals surface area (Å²) in [6.45, 7) is 0. The van der Waals surface area contributed by atoms with Crippen molar-refractivity contribution in [1.82, 2.24) is 0 Å². The summed E-state index contributed by atoms with van der Waals surface area (Å²) in [5.41, 5.74) is -5.19. The van der Waals surface area contributed by atoms with Gasteiger partial charge in [0, 0.05) is 5.56 Å². The molecule has 0 aliphatic heterocycles. The molecule has 1 rings (SSSR count). The minimum Gasteiger partial charge on any atom is -0.479 e. The van der Waals surface area contributed by atoms with Crippen LogP contribution >= 0.6 is 11.6 Å². The topological polar surface area (TPSA) is 57.5 Å². The van der Waals surface area contributed by atoms with E-state index < -0.39 is 34.1 Å².